The van der Waals surface area contributed by atoms with E-state index < -0.39 is 5.54 Å². The predicted molar refractivity (Wildman–Crippen MR) is 186 cm³/mol. The maximum atomic E-state index is 12.8. The van der Waals surface area contributed by atoms with E-state index in [1.165, 1.54) is 35.3 Å². The van der Waals surface area contributed by atoms with Gasteiger partial charge in [-0.25, -0.2) is 0 Å². The van der Waals surface area contributed by atoms with E-state index in [0.29, 0.717) is 26.0 Å². The molecule has 2 bridgehead atoms. The second-order valence-corrected chi connectivity index (χ2v) is 13.2. The van der Waals surface area contributed by atoms with Crippen molar-refractivity contribution in [2.24, 2.45) is 4.99 Å². The molecule has 0 unspecified atom stereocenters. The molecule has 2 aromatic heterocycles. The van der Waals surface area contributed by atoms with Gasteiger partial charge in [0.15, 0.2) is 11.8 Å². The number of pyridine rings is 1. The lowest BCUT2D eigenvalue weighted by molar-refractivity contribution is -0.114. The van der Waals surface area contributed by atoms with Gasteiger partial charge in [0, 0.05) is 49.4 Å². The van der Waals surface area contributed by atoms with Crippen molar-refractivity contribution in [1.29, 1.82) is 0 Å². The van der Waals surface area contributed by atoms with E-state index in [0.717, 1.165) is 98.7 Å². The summed E-state index contributed by atoms with van der Waals surface area (Å²) in [5, 5.41) is 14.1. The molecule has 0 saturated heterocycles. The van der Waals surface area contributed by atoms with Gasteiger partial charge in [0.25, 0.3) is 0 Å². The molecule has 47 heavy (non-hydrogen) atoms. The number of aromatic nitrogens is 3. The number of fused-ring (bicyclic) bond motifs is 5. The average molecular weight is 640 g/mol. The molecule has 10 heteroatoms. The van der Waals surface area contributed by atoms with Crippen LogP contribution in [0.2, 0.25) is 0 Å². The molecule has 0 saturated carbocycles. The fourth-order valence-corrected chi connectivity index (χ4v) is 6.71. The highest BCUT2D eigenvalue weighted by Gasteiger charge is 2.34. The number of hydrogen-bond acceptors (Lipinski definition) is 9. The van der Waals surface area contributed by atoms with Crippen molar-refractivity contribution in [2.45, 2.75) is 83.6 Å². The third kappa shape index (κ3) is 8.60. The molecule has 5 heterocycles. The van der Waals surface area contributed by atoms with E-state index in [2.05, 4.69) is 49.8 Å². The van der Waals surface area contributed by atoms with E-state index in [9.17, 15) is 4.79 Å². The van der Waals surface area contributed by atoms with Gasteiger partial charge in [0.1, 0.15) is 30.5 Å². The molecule has 0 amide bonds. The summed E-state index contributed by atoms with van der Waals surface area (Å²) in [6, 6.07) is 3.93. The number of aldehydes is 1. The third-order valence-corrected chi connectivity index (χ3v) is 9.75. The minimum absolute atomic E-state index is 0.216. The first-order valence-electron chi connectivity index (χ1n) is 17.3. The number of hydrogen-bond donors (Lipinski definition) is 3. The monoisotopic (exact) mass is 639 g/mol. The topological polar surface area (TPSA) is 117 Å². The minimum Gasteiger partial charge on any atom is -0.493 e. The standard InChI is InChI=1S/C37H49N7O3/c1-27-8-14-34-30(7-5-17-38-34)11-10-29(27)6-3-4-18-44(20-21-46-31-12-9-28(2)39-22-31)19-16-37(25-45)26-47-32-13-15-35(42-37)33-24-41-43-36(33)40-23-32/h9-12,22-25,38H,3-8,13-21,26H2,1-2H3,(H2,40,41,43)/b11-10-,29-27+,32-23-,42-35?/t37-/m1/s1. The van der Waals surface area contributed by atoms with Crippen LogP contribution in [-0.2, 0) is 9.53 Å². The third-order valence-electron chi connectivity index (χ3n) is 9.75. The number of carbonyl (C=O) groups is 1. The molecule has 1 atom stereocenters. The molecule has 250 valence electrons. The van der Waals surface area contributed by atoms with Crippen LogP contribution in [0.25, 0.3) is 0 Å². The van der Waals surface area contributed by atoms with Crippen molar-refractivity contribution < 1.29 is 14.3 Å². The molecule has 2 aromatic rings. The van der Waals surface area contributed by atoms with Crippen molar-refractivity contribution in [2.75, 3.05) is 44.7 Å². The zero-order valence-electron chi connectivity index (χ0n) is 27.9. The van der Waals surface area contributed by atoms with Crippen LogP contribution in [0.3, 0.4) is 0 Å². The van der Waals surface area contributed by atoms with Crippen LogP contribution in [0.1, 0.15) is 82.4 Å². The van der Waals surface area contributed by atoms with E-state index in [1.807, 2.05) is 25.3 Å². The fraction of sp³-hybridized carbons (Fsp3) is 0.514. The molecule has 0 spiro atoms. The number of carbonyl (C=O) groups excluding carboxylic acids is 1. The Morgan fingerprint density at radius 3 is 2.85 bits per heavy atom. The lowest BCUT2D eigenvalue weighted by Crippen LogP contribution is -2.42. The van der Waals surface area contributed by atoms with Crippen molar-refractivity contribution in [3.63, 3.8) is 0 Å². The Labute approximate surface area is 278 Å². The first kappa shape index (κ1) is 32.7. The number of aromatic amines is 1. The fourth-order valence-electron chi connectivity index (χ4n) is 6.71. The number of nitrogens with zero attached hydrogens (tertiary/aromatic N) is 4. The first-order chi connectivity index (χ1) is 23.0. The second-order valence-electron chi connectivity index (χ2n) is 13.2. The highest BCUT2D eigenvalue weighted by Crippen LogP contribution is 2.30. The van der Waals surface area contributed by atoms with Gasteiger partial charge in [0.2, 0.25) is 0 Å². The Morgan fingerprint density at radius 2 is 1.98 bits per heavy atom. The van der Waals surface area contributed by atoms with Gasteiger partial charge in [-0.05, 0) is 101 Å². The first-order valence-corrected chi connectivity index (χ1v) is 17.3. The van der Waals surface area contributed by atoms with Gasteiger partial charge in [-0.1, -0.05) is 17.7 Å². The molecule has 3 N–H and O–H groups in total. The number of allylic oxidation sites excluding steroid dienone is 7. The lowest BCUT2D eigenvalue weighted by atomic mass is 9.91. The Kier molecular flexibility index (Phi) is 10.9. The average Bonchev–Trinajstić information content (AvgIpc) is 3.54. The summed E-state index contributed by atoms with van der Waals surface area (Å²) < 4.78 is 12.2. The number of aryl methyl sites for hydroxylation is 1. The molecule has 0 aromatic carbocycles. The Hall–Kier alpha value is -4.18. The number of ether oxygens (including phenoxy) is 2. The SMILES string of the molecule is C/C1=C(CCCCN(CCOc2ccc(C)nc2)CC[C@@]2(C=O)CO/C3=C\Nc4[nH]ncc4C(=N2)CC3)\C=C/C2=C(CC1)NCCC2. The minimum atomic E-state index is -0.978. The number of unbranched alkanes of at least 4 members (excludes halogenated alkanes) is 1. The molecule has 0 radical (unpaired) electrons. The van der Waals surface area contributed by atoms with Crippen LogP contribution in [-0.4, -0.2) is 77.0 Å². The smallest absolute Gasteiger partial charge is 0.151 e. The maximum absolute atomic E-state index is 12.8. The van der Waals surface area contributed by atoms with Crippen LogP contribution in [0.5, 0.6) is 5.75 Å². The number of H-pyrrole nitrogens is 1. The van der Waals surface area contributed by atoms with E-state index in [-0.39, 0.29) is 6.61 Å². The summed E-state index contributed by atoms with van der Waals surface area (Å²) in [5.41, 5.74) is 7.68. The quantitative estimate of drug-likeness (QED) is 0.176. The molecular weight excluding hydrogens is 590 g/mol. The molecule has 0 fully saturated rings. The molecule has 4 aliphatic rings. The van der Waals surface area contributed by atoms with Gasteiger partial charge in [-0.3, -0.25) is 20.0 Å². The Balaban J connectivity index is 1.11. The molecule has 6 rings (SSSR count). The molecule has 3 aliphatic heterocycles. The molecular formula is C37H49N7O3. The summed E-state index contributed by atoms with van der Waals surface area (Å²) in [4.78, 5) is 24.7. The number of anilines is 1. The summed E-state index contributed by atoms with van der Waals surface area (Å²) in [5.74, 6) is 2.36. The number of rotatable bonds is 13. The van der Waals surface area contributed by atoms with Gasteiger partial charge in [-0.2, -0.15) is 5.10 Å². The van der Waals surface area contributed by atoms with Crippen LogP contribution < -0.4 is 15.4 Å². The second kappa shape index (κ2) is 15.6. The number of nitrogens with one attached hydrogen (secondary N) is 3. The Bertz CT molecular complexity index is 1550. The zero-order chi connectivity index (χ0) is 32.5. The number of aliphatic imine (C=N–C) groups is 1. The summed E-state index contributed by atoms with van der Waals surface area (Å²) in [6.45, 7) is 8.48. The van der Waals surface area contributed by atoms with Crippen molar-refractivity contribution in [1.82, 2.24) is 25.4 Å². The van der Waals surface area contributed by atoms with E-state index >= 15 is 0 Å². The van der Waals surface area contributed by atoms with Gasteiger partial charge in [0.05, 0.1) is 18.0 Å². The van der Waals surface area contributed by atoms with Crippen LogP contribution in [0, 0.1) is 6.92 Å². The predicted octanol–water partition coefficient (Wildman–Crippen LogP) is 6.16. The highest BCUT2D eigenvalue weighted by molar-refractivity contribution is 6.05. The highest BCUT2D eigenvalue weighted by atomic mass is 16.5. The maximum Gasteiger partial charge on any atom is 0.151 e. The molecule has 10 nitrogen and oxygen atoms in total. The summed E-state index contributed by atoms with van der Waals surface area (Å²) in [6.07, 6.45) is 21.0. The van der Waals surface area contributed by atoms with Gasteiger partial charge < -0.3 is 24.9 Å². The summed E-state index contributed by atoms with van der Waals surface area (Å²) >= 11 is 0. The molecule has 1 aliphatic carbocycles. The lowest BCUT2D eigenvalue weighted by Gasteiger charge is -2.32. The van der Waals surface area contributed by atoms with Crippen molar-refractivity contribution in [3.05, 3.63) is 82.3 Å². The summed E-state index contributed by atoms with van der Waals surface area (Å²) in [7, 11) is 0. The van der Waals surface area contributed by atoms with Crippen LogP contribution in [0.15, 0.2) is 76.0 Å². The van der Waals surface area contributed by atoms with Crippen molar-refractivity contribution in [3.8, 4) is 5.75 Å². The Morgan fingerprint density at radius 1 is 1.04 bits per heavy atom. The largest absolute Gasteiger partial charge is 0.493 e. The van der Waals surface area contributed by atoms with Crippen LogP contribution in [0.4, 0.5) is 5.82 Å². The van der Waals surface area contributed by atoms with E-state index in [1.54, 1.807) is 12.4 Å². The van der Waals surface area contributed by atoms with Crippen LogP contribution >= 0.6 is 0 Å². The zero-order valence-corrected chi connectivity index (χ0v) is 27.9. The normalized spacial score (nSPS) is 24.3. The van der Waals surface area contributed by atoms with Crippen molar-refractivity contribution >= 4 is 17.8 Å². The van der Waals surface area contributed by atoms with E-state index in [4.69, 9.17) is 14.5 Å². The van der Waals surface area contributed by atoms with Gasteiger partial charge >= 0.3 is 0 Å². The van der Waals surface area contributed by atoms with Gasteiger partial charge in [-0.15, -0.1) is 0 Å².